The van der Waals surface area contributed by atoms with Crippen molar-refractivity contribution < 1.29 is 35.8 Å². The van der Waals surface area contributed by atoms with Gasteiger partial charge in [0.05, 0.1) is 7.11 Å². The minimum atomic E-state index is -5.22. The monoisotopic (exact) mass is 277 g/mol. The highest BCUT2D eigenvalue weighted by molar-refractivity contribution is 5.35. The van der Waals surface area contributed by atoms with E-state index in [1.807, 2.05) is 0 Å². The van der Waals surface area contributed by atoms with Crippen LogP contribution in [-0.4, -0.2) is 18.5 Å². The van der Waals surface area contributed by atoms with Crippen molar-refractivity contribution in [2.24, 2.45) is 0 Å². The van der Waals surface area contributed by atoms with Crippen molar-refractivity contribution in [1.82, 2.24) is 4.98 Å². The molecule has 0 unspecified atom stereocenters. The zero-order chi connectivity index (χ0) is 14.1. The Bertz CT molecular complexity index is 489. The molecule has 4 nitrogen and oxygen atoms in total. The van der Waals surface area contributed by atoms with Crippen molar-refractivity contribution >= 4 is 0 Å². The number of alkyl halides is 6. The summed E-state index contributed by atoms with van der Waals surface area (Å²) in [7, 11) is 0.786. The summed E-state index contributed by atoms with van der Waals surface area (Å²) >= 11 is 0. The molecular weight excluding hydrogens is 272 g/mol. The Labute approximate surface area is 95.1 Å². The average Bonchev–Trinajstić information content (AvgIpc) is 2.17. The van der Waals surface area contributed by atoms with Crippen LogP contribution in [0.3, 0.4) is 0 Å². The second kappa shape index (κ2) is 4.42. The highest BCUT2D eigenvalue weighted by Crippen LogP contribution is 2.32. The molecule has 10 heteroatoms. The molecule has 102 valence electrons. The third-order valence-electron chi connectivity index (χ3n) is 1.68. The van der Waals surface area contributed by atoms with Crippen molar-refractivity contribution in [3.8, 4) is 11.6 Å². The highest BCUT2D eigenvalue weighted by Gasteiger charge is 2.37. The molecule has 0 bridgehead atoms. The Kier molecular flexibility index (Phi) is 3.49. The summed E-state index contributed by atoms with van der Waals surface area (Å²) in [6, 6.07) is -0.0520. The molecule has 0 aliphatic heterocycles. The van der Waals surface area contributed by atoms with Gasteiger partial charge in [0.1, 0.15) is 5.69 Å². The summed E-state index contributed by atoms with van der Waals surface area (Å²) < 4.78 is 80.1. The molecule has 18 heavy (non-hydrogen) atoms. The molecule has 0 atom stereocenters. The van der Waals surface area contributed by atoms with Gasteiger partial charge in [-0.05, 0) is 0 Å². The van der Waals surface area contributed by atoms with Gasteiger partial charge in [0, 0.05) is 6.07 Å². The number of aromatic amines is 1. The number of hydrogen-bond acceptors (Lipinski definition) is 3. The summed E-state index contributed by atoms with van der Waals surface area (Å²) in [4.78, 5) is 12.6. The molecule has 1 aromatic heterocycles. The van der Waals surface area contributed by atoms with Gasteiger partial charge >= 0.3 is 12.5 Å². The first-order valence-electron chi connectivity index (χ1n) is 4.19. The van der Waals surface area contributed by atoms with Crippen LogP contribution in [0.1, 0.15) is 5.69 Å². The van der Waals surface area contributed by atoms with Gasteiger partial charge in [0.25, 0.3) is 0 Å². The van der Waals surface area contributed by atoms with Gasteiger partial charge in [-0.2, -0.15) is 13.2 Å². The number of ether oxygens (including phenoxy) is 2. The summed E-state index contributed by atoms with van der Waals surface area (Å²) in [6.45, 7) is 0. The van der Waals surface area contributed by atoms with Gasteiger partial charge in [0.2, 0.25) is 17.1 Å². The quantitative estimate of drug-likeness (QED) is 0.844. The number of pyridine rings is 1. The number of halogens is 6. The van der Waals surface area contributed by atoms with E-state index < -0.39 is 35.3 Å². The van der Waals surface area contributed by atoms with Crippen LogP contribution in [0.4, 0.5) is 26.3 Å². The first-order valence-corrected chi connectivity index (χ1v) is 4.19. The molecule has 0 aliphatic rings. The molecule has 0 saturated heterocycles. The van der Waals surface area contributed by atoms with Crippen molar-refractivity contribution in [2.45, 2.75) is 12.5 Å². The molecule has 0 radical (unpaired) electrons. The third kappa shape index (κ3) is 3.31. The minimum absolute atomic E-state index is 0.0520. The Hall–Kier alpha value is -1.87. The average molecular weight is 277 g/mol. The highest BCUT2D eigenvalue weighted by atomic mass is 19.4. The van der Waals surface area contributed by atoms with E-state index in [4.69, 9.17) is 0 Å². The molecule has 0 aromatic carbocycles. The molecule has 1 N–H and O–H groups in total. The minimum Gasteiger partial charge on any atom is -0.480 e. The lowest BCUT2D eigenvalue weighted by Crippen LogP contribution is -2.24. The predicted molar refractivity (Wildman–Crippen MR) is 45.3 cm³/mol. The van der Waals surface area contributed by atoms with Gasteiger partial charge in [-0.25, -0.2) is 0 Å². The summed E-state index contributed by atoms with van der Waals surface area (Å²) in [6.07, 6.45) is -10.1. The van der Waals surface area contributed by atoms with Crippen molar-refractivity contribution in [3.63, 3.8) is 0 Å². The number of hydrogen-bond donors (Lipinski definition) is 1. The fourth-order valence-electron chi connectivity index (χ4n) is 1.03. The maximum absolute atomic E-state index is 12.3. The molecular formula is C8H5F6NO3. The van der Waals surface area contributed by atoms with Crippen molar-refractivity contribution in [3.05, 3.63) is 22.0 Å². The maximum Gasteiger partial charge on any atom is 0.573 e. The van der Waals surface area contributed by atoms with Crippen LogP contribution < -0.4 is 14.9 Å². The number of H-pyrrole nitrogens is 1. The summed E-state index contributed by atoms with van der Waals surface area (Å²) in [5, 5.41) is 0. The smallest absolute Gasteiger partial charge is 0.480 e. The Morgan fingerprint density at radius 2 is 1.72 bits per heavy atom. The molecule has 0 fully saturated rings. The van der Waals surface area contributed by atoms with E-state index >= 15 is 0 Å². The van der Waals surface area contributed by atoms with E-state index in [0.29, 0.717) is 0 Å². The van der Waals surface area contributed by atoms with Crippen LogP contribution in [0.5, 0.6) is 11.6 Å². The zero-order valence-corrected chi connectivity index (χ0v) is 8.57. The molecule has 0 amide bonds. The number of aromatic nitrogens is 1. The van der Waals surface area contributed by atoms with Crippen LogP contribution in [-0.2, 0) is 6.18 Å². The van der Waals surface area contributed by atoms with Crippen LogP contribution in [0.15, 0.2) is 10.9 Å². The second-order valence-electron chi connectivity index (χ2n) is 2.96. The van der Waals surface area contributed by atoms with Crippen LogP contribution >= 0.6 is 0 Å². The van der Waals surface area contributed by atoms with Crippen LogP contribution in [0.25, 0.3) is 0 Å². The Morgan fingerprint density at radius 3 is 2.11 bits per heavy atom. The first kappa shape index (κ1) is 14.2. The van der Waals surface area contributed by atoms with Gasteiger partial charge in [-0.3, -0.25) is 4.79 Å². The second-order valence-corrected chi connectivity index (χ2v) is 2.96. The third-order valence-corrected chi connectivity index (χ3v) is 1.68. The predicted octanol–water partition coefficient (Wildman–Crippen LogP) is 2.30. The number of methoxy groups -OCH3 is 1. The Balaban J connectivity index is 3.34. The van der Waals surface area contributed by atoms with Crippen molar-refractivity contribution in [1.29, 1.82) is 0 Å². The summed E-state index contributed by atoms with van der Waals surface area (Å²) in [5.74, 6) is -2.45. The maximum atomic E-state index is 12.3. The molecule has 0 aliphatic carbocycles. The SMILES string of the molecule is COc1[nH]c(C(F)(F)F)cc(=O)c1OC(F)(F)F. The van der Waals surface area contributed by atoms with E-state index in [2.05, 4.69) is 9.47 Å². The zero-order valence-electron chi connectivity index (χ0n) is 8.57. The van der Waals surface area contributed by atoms with Gasteiger partial charge in [-0.15, -0.1) is 13.2 Å². The van der Waals surface area contributed by atoms with E-state index in [1.165, 1.54) is 4.98 Å². The molecule has 1 rings (SSSR count). The van der Waals surface area contributed by atoms with E-state index in [9.17, 15) is 31.1 Å². The summed E-state index contributed by atoms with van der Waals surface area (Å²) in [5.41, 5.74) is -3.14. The van der Waals surface area contributed by atoms with E-state index in [0.717, 1.165) is 7.11 Å². The van der Waals surface area contributed by atoms with Gasteiger partial charge in [-0.1, -0.05) is 0 Å². The Morgan fingerprint density at radius 1 is 1.17 bits per heavy atom. The largest absolute Gasteiger partial charge is 0.573 e. The lowest BCUT2D eigenvalue weighted by Gasteiger charge is -2.13. The fraction of sp³-hybridized carbons (Fsp3) is 0.375. The molecule has 1 aromatic rings. The van der Waals surface area contributed by atoms with Crippen LogP contribution in [0.2, 0.25) is 0 Å². The topological polar surface area (TPSA) is 51.3 Å². The normalized spacial score (nSPS) is 12.4. The van der Waals surface area contributed by atoms with Gasteiger partial charge < -0.3 is 14.5 Å². The van der Waals surface area contributed by atoms with E-state index in [1.54, 1.807) is 0 Å². The molecule has 0 saturated carbocycles. The van der Waals surface area contributed by atoms with E-state index in [-0.39, 0.29) is 6.07 Å². The van der Waals surface area contributed by atoms with Crippen LogP contribution in [0, 0.1) is 0 Å². The molecule has 0 spiro atoms. The fourth-order valence-corrected chi connectivity index (χ4v) is 1.03. The molecule has 1 heterocycles. The van der Waals surface area contributed by atoms with Gasteiger partial charge in [0.15, 0.2) is 0 Å². The van der Waals surface area contributed by atoms with Crippen molar-refractivity contribution in [2.75, 3.05) is 7.11 Å². The number of rotatable bonds is 2. The number of nitrogens with one attached hydrogen (secondary N) is 1. The lowest BCUT2D eigenvalue weighted by atomic mass is 10.3. The first-order chi connectivity index (χ1) is 8.04. The lowest BCUT2D eigenvalue weighted by molar-refractivity contribution is -0.275. The standard InChI is InChI=1S/C8H5F6NO3/c1-17-6-5(18-8(12,13)14)3(16)2-4(15-6)7(9,10)11/h2H,1H3,(H,15,16).